The van der Waals surface area contributed by atoms with Crippen LogP contribution in [0.15, 0.2) is 132 Å². The zero-order valence-electron chi connectivity index (χ0n) is 20.9. The molecule has 2 nitrogen and oxygen atoms in total. The lowest BCUT2D eigenvalue weighted by molar-refractivity contribution is 0.0916. The SMILES string of the molecule is O=C(COc1c(Br)cccc1C[P+](c1ccccc1)(c1ccccc1)c1ccccc1)c1ccc(Cl)cc1F. The first-order valence-electron chi connectivity index (χ1n) is 12.4. The Morgan fingerprint density at radius 3 is 1.79 bits per heavy atom. The molecule has 0 radical (unpaired) electrons. The molecule has 6 heteroatoms. The normalized spacial score (nSPS) is 11.3. The molecule has 0 aliphatic rings. The van der Waals surface area contributed by atoms with E-state index in [0.717, 1.165) is 16.1 Å². The van der Waals surface area contributed by atoms with Gasteiger partial charge in [-0.3, -0.25) is 4.79 Å². The molecule has 0 bridgehead atoms. The van der Waals surface area contributed by atoms with Crippen molar-refractivity contribution in [2.75, 3.05) is 6.61 Å². The highest BCUT2D eigenvalue weighted by Crippen LogP contribution is 2.59. The summed E-state index contributed by atoms with van der Waals surface area (Å²) in [5.41, 5.74) is 0.909. The highest BCUT2D eigenvalue weighted by Gasteiger charge is 2.46. The molecule has 0 heterocycles. The second-order valence-corrected chi connectivity index (χ2v) is 13.8. The van der Waals surface area contributed by atoms with Crippen LogP contribution in [0.25, 0.3) is 0 Å². The predicted molar refractivity (Wildman–Crippen MR) is 164 cm³/mol. The van der Waals surface area contributed by atoms with Crippen LogP contribution in [0.2, 0.25) is 5.02 Å². The second-order valence-electron chi connectivity index (χ2n) is 9.04. The number of Topliss-reactive ketones (excluding diaryl/α,β-unsaturated/α-hetero) is 1. The Morgan fingerprint density at radius 1 is 0.744 bits per heavy atom. The lowest BCUT2D eigenvalue weighted by Crippen LogP contribution is -2.32. The molecule has 0 aliphatic carbocycles. The maximum Gasteiger partial charge on any atom is 0.203 e. The summed E-state index contributed by atoms with van der Waals surface area (Å²) in [5.74, 6) is -0.542. The van der Waals surface area contributed by atoms with Gasteiger partial charge >= 0.3 is 0 Å². The van der Waals surface area contributed by atoms with Crippen molar-refractivity contribution in [1.82, 2.24) is 0 Å². The van der Waals surface area contributed by atoms with Crippen LogP contribution < -0.4 is 20.7 Å². The lowest BCUT2D eigenvalue weighted by Gasteiger charge is -2.28. The van der Waals surface area contributed by atoms with Crippen molar-refractivity contribution < 1.29 is 13.9 Å². The number of rotatable bonds is 9. The lowest BCUT2D eigenvalue weighted by atomic mass is 10.1. The maximum absolute atomic E-state index is 14.4. The molecule has 0 unspecified atom stereocenters. The van der Waals surface area contributed by atoms with E-state index in [1.165, 1.54) is 28.0 Å². The number of halogens is 3. The Balaban J connectivity index is 1.59. The first kappa shape index (κ1) is 27.3. The van der Waals surface area contributed by atoms with Gasteiger partial charge in [-0.1, -0.05) is 78.3 Å². The summed E-state index contributed by atoms with van der Waals surface area (Å²) in [6, 6.07) is 41.6. The van der Waals surface area contributed by atoms with E-state index in [1.807, 2.05) is 36.4 Å². The average Bonchev–Trinajstić information content (AvgIpc) is 2.97. The van der Waals surface area contributed by atoms with E-state index in [0.29, 0.717) is 11.9 Å². The summed E-state index contributed by atoms with van der Waals surface area (Å²) < 4.78 is 21.3. The van der Waals surface area contributed by atoms with Crippen LogP contribution in [0.1, 0.15) is 15.9 Å². The summed E-state index contributed by atoms with van der Waals surface area (Å²) in [7, 11) is -2.20. The van der Waals surface area contributed by atoms with E-state index in [9.17, 15) is 9.18 Å². The third-order valence-corrected chi connectivity index (χ3v) is 11.8. The molecule has 0 fully saturated rings. The van der Waals surface area contributed by atoms with Crippen molar-refractivity contribution in [1.29, 1.82) is 0 Å². The summed E-state index contributed by atoms with van der Waals surface area (Å²) in [6.07, 6.45) is 0.670. The number of carbonyl (C=O) groups is 1. The summed E-state index contributed by atoms with van der Waals surface area (Å²) in [6.45, 7) is -0.304. The molecule has 0 N–H and O–H groups in total. The fourth-order valence-corrected chi connectivity index (χ4v) is 9.72. The number of hydrogen-bond donors (Lipinski definition) is 0. The van der Waals surface area contributed by atoms with Gasteiger partial charge in [0.05, 0.1) is 10.0 Å². The molecule has 0 saturated heterocycles. The molecular weight excluding hydrogens is 594 g/mol. The third kappa shape index (κ3) is 5.84. The monoisotopic (exact) mass is 617 g/mol. The van der Waals surface area contributed by atoms with Gasteiger partial charge in [-0.2, -0.15) is 0 Å². The van der Waals surface area contributed by atoms with E-state index in [2.05, 4.69) is 88.7 Å². The Hall–Kier alpha value is -3.30. The van der Waals surface area contributed by atoms with Gasteiger partial charge in [0.2, 0.25) is 5.78 Å². The molecule has 0 atom stereocenters. The van der Waals surface area contributed by atoms with Crippen LogP contribution in [0.3, 0.4) is 0 Å². The van der Waals surface area contributed by atoms with E-state index in [-0.39, 0.29) is 17.2 Å². The summed E-state index contributed by atoms with van der Waals surface area (Å²) in [5, 5.41) is 3.97. The van der Waals surface area contributed by atoms with Crippen molar-refractivity contribution in [3.05, 3.63) is 154 Å². The van der Waals surface area contributed by atoms with Gasteiger partial charge in [0.1, 0.15) is 40.9 Å². The first-order chi connectivity index (χ1) is 19.0. The molecule has 0 aromatic heterocycles. The Bertz CT molecular complexity index is 1480. The number of ether oxygens (including phenoxy) is 1. The molecule has 0 aliphatic heterocycles. The minimum absolute atomic E-state index is 0.0484. The molecule has 5 aromatic rings. The van der Waals surface area contributed by atoms with Crippen LogP contribution in [-0.4, -0.2) is 12.4 Å². The van der Waals surface area contributed by atoms with E-state index in [4.69, 9.17) is 16.3 Å². The highest BCUT2D eigenvalue weighted by molar-refractivity contribution is 9.10. The zero-order chi connectivity index (χ0) is 27.2. The van der Waals surface area contributed by atoms with Gasteiger partial charge in [-0.15, -0.1) is 0 Å². The zero-order valence-corrected chi connectivity index (χ0v) is 24.2. The second kappa shape index (κ2) is 12.3. The minimum Gasteiger partial charge on any atom is -0.484 e. The molecule has 0 saturated carbocycles. The molecule has 39 heavy (non-hydrogen) atoms. The summed E-state index contributed by atoms with van der Waals surface area (Å²) in [4.78, 5) is 12.9. The number of para-hydroxylation sites is 1. The Labute approximate surface area is 241 Å². The number of carbonyl (C=O) groups excluding carboxylic acids is 1. The van der Waals surface area contributed by atoms with Gasteiger partial charge in [0, 0.05) is 10.6 Å². The fraction of sp³-hybridized carbons (Fsp3) is 0.0606. The number of benzene rings is 5. The van der Waals surface area contributed by atoms with Gasteiger partial charge < -0.3 is 4.74 Å². The van der Waals surface area contributed by atoms with Crippen LogP contribution in [0.5, 0.6) is 5.75 Å². The van der Waals surface area contributed by atoms with Gasteiger partial charge in [0.25, 0.3) is 0 Å². The summed E-state index contributed by atoms with van der Waals surface area (Å²) >= 11 is 9.50. The quantitative estimate of drug-likeness (QED) is 0.124. The first-order valence-corrected chi connectivity index (χ1v) is 15.6. The number of hydrogen-bond acceptors (Lipinski definition) is 2. The van der Waals surface area contributed by atoms with Crippen LogP contribution >= 0.6 is 34.8 Å². The topological polar surface area (TPSA) is 26.3 Å². The smallest absolute Gasteiger partial charge is 0.203 e. The number of ketones is 1. The van der Waals surface area contributed by atoms with Crippen molar-refractivity contribution in [2.45, 2.75) is 6.16 Å². The van der Waals surface area contributed by atoms with E-state index >= 15 is 0 Å². The Kier molecular flexibility index (Phi) is 8.57. The molecule has 194 valence electrons. The Morgan fingerprint density at radius 2 is 1.28 bits per heavy atom. The van der Waals surface area contributed by atoms with E-state index < -0.39 is 18.9 Å². The highest BCUT2D eigenvalue weighted by atomic mass is 79.9. The third-order valence-electron chi connectivity index (χ3n) is 6.63. The minimum atomic E-state index is -2.20. The van der Waals surface area contributed by atoms with Crippen LogP contribution in [0, 0.1) is 5.82 Å². The van der Waals surface area contributed by atoms with Crippen molar-refractivity contribution in [3.8, 4) is 5.75 Å². The molecular formula is C33H25BrClFO2P+. The fourth-order valence-electron chi connectivity index (χ4n) is 4.79. The van der Waals surface area contributed by atoms with E-state index in [1.54, 1.807) is 0 Å². The van der Waals surface area contributed by atoms with Gasteiger partial charge in [-0.05, 0) is 76.6 Å². The van der Waals surface area contributed by atoms with Crippen LogP contribution in [0.4, 0.5) is 4.39 Å². The van der Waals surface area contributed by atoms with Gasteiger partial charge in [-0.25, -0.2) is 4.39 Å². The molecule has 5 rings (SSSR count). The predicted octanol–water partition coefficient (Wildman–Crippen LogP) is 8.00. The van der Waals surface area contributed by atoms with Crippen molar-refractivity contribution >= 4 is 56.5 Å². The van der Waals surface area contributed by atoms with Gasteiger partial charge in [0.15, 0.2) is 6.61 Å². The molecule has 0 spiro atoms. The molecule has 5 aromatic carbocycles. The molecule has 0 amide bonds. The standard InChI is InChI=1S/C33H25BrClFO2P/c34-30-18-10-11-24(33(30)38-22-32(37)29-20-19-25(35)21-31(29)36)23-39(26-12-4-1-5-13-26,27-14-6-2-7-15-27)28-16-8-3-9-17-28/h1-21H,22-23H2/q+1. The average molecular weight is 619 g/mol. The van der Waals surface area contributed by atoms with Crippen molar-refractivity contribution in [2.24, 2.45) is 0 Å². The van der Waals surface area contributed by atoms with Crippen LogP contribution in [-0.2, 0) is 6.16 Å². The maximum atomic E-state index is 14.4. The largest absolute Gasteiger partial charge is 0.484 e. The van der Waals surface area contributed by atoms with Crippen molar-refractivity contribution in [3.63, 3.8) is 0 Å².